The fraction of sp³-hybridized carbons (Fsp3) is 0.382. The number of hydrogen-bond acceptors (Lipinski definition) is 3. The maximum Gasteiger partial charge on any atom is 0.194 e. The molecule has 3 aromatic carbocycles. The van der Waals surface area contributed by atoms with Gasteiger partial charge in [0.2, 0.25) is 0 Å². The maximum atomic E-state index is 14.1. The van der Waals surface area contributed by atoms with E-state index >= 15 is 0 Å². The summed E-state index contributed by atoms with van der Waals surface area (Å²) in [4.78, 5) is 16.6. The molecule has 0 spiro atoms. The first-order valence-electron chi connectivity index (χ1n) is 14.2. The molecule has 0 aromatic heterocycles. The number of ketones is 1. The lowest BCUT2D eigenvalue weighted by atomic mass is 9.77. The van der Waals surface area contributed by atoms with E-state index in [9.17, 15) is 4.79 Å². The van der Waals surface area contributed by atoms with Gasteiger partial charge in [-0.1, -0.05) is 94.6 Å². The Labute approximate surface area is 222 Å². The molecule has 1 heterocycles. The number of benzene rings is 3. The normalized spacial score (nSPS) is 17.8. The first-order valence-corrected chi connectivity index (χ1v) is 14.2. The van der Waals surface area contributed by atoms with Crippen LogP contribution in [0.1, 0.15) is 92.8 Å². The summed E-state index contributed by atoms with van der Waals surface area (Å²) < 4.78 is 7.13. The van der Waals surface area contributed by atoms with Gasteiger partial charge in [0.05, 0.1) is 5.57 Å². The van der Waals surface area contributed by atoms with E-state index in [-0.39, 0.29) is 5.78 Å². The van der Waals surface area contributed by atoms with Crippen LogP contribution < -0.4 is 9.64 Å². The maximum absolute atomic E-state index is 14.1. The third-order valence-corrected chi connectivity index (χ3v) is 7.87. The molecule has 0 N–H and O–H groups in total. The summed E-state index contributed by atoms with van der Waals surface area (Å²) in [5, 5.41) is 0. The standard InChI is InChI=1S/C34H39NO2/c1-4-7-17-28-27-21-20-26(35(22-8-5-2)23-9-6-3)24-31(27)37-34(25-15-11-10-12-16-25)30-19-14-13-18-29(30)33(36)32(28)34/h10-16,18-21,24H,4-9,17,22-23H2,1-3H3/t34-/m1/s1. The highest BCUT2D eigenvalue weighted by Crippen LogP contribution is 2.56. The quantitative estimate of drug-likeness (QED) is 0.268. The number of carbonyl (C=O) groups is 1. The van der Waals surface area contributed by atoms with E-state index in [0.717, 1.165) is 71.5 Å². The summed E-state index contributed by atoms with van der Waals surface area (Å²) in [6.07, 6.45) is 7.67. The number of hydrogen-bond donors (Lipinski definition) is 0. The minimum Gasteiger partial charge on any atom is -0.472 e. The summed E-state index contributed by atoms with van der Waals surface area (Å²) in [6, 6.07) is 25.0. The number of carbonyl (C=O) groups excluding carboxylic acids is 1. The fourth-order valence-electron chi connectivity index (χ4n) is 5.93. The molecule has 192 valence electrons. The Morgan fingerprint density at radius 1 is 0.757 bits per heavy atom. The lowest BCUT2D eigenvalue weighted by molar-refractivity contribution is 0.0977. The number of fused-ring (bicyclic) bond motifs is 4. The van der Waals surface area contributed by atoms with Crippen molar-refractivity contribution in [3.63, 3.8) is 0 Å². The van der Waals surface area contributed by atoms with Crippen LogP contribution in [0.3, 0.4) is 0 Å². The number of rotatable bonds is 11. The zero-order chi connectivity index (χ0) is 25.8. The highest BCUT2D eigenvalue weighted by Gasteiger charge is 2.55. The van der Waals surface area contributed by atoms with Crippen LogP contribution in [0, 0.1) is 0 Å². The monoisotopic (exact) mass is 493 g/mol. The lowest BCUT2D eigenvalue weighted by Gasteiger charge is -2.39. The highest BCUT2D eigenvalue weighted by atomic mass is 16.5. The molecule has 2 aliphatic rings. The smallest absolute Gasteiger partial charge is 0.194 e. The Balaban J connectivity index is 1.72. The fourth-order valence-corrected chi connectivity index (χ4v) is 5.93. The van der Waals surface area contributed by atoms with Crippen molar-refractivity contribution >= 4 is 17.0 Å². The third kappa shape index (κ3) is 4.39. The largest absolute Gasteiger partial charge is 0.472 e. The van der Waals surface area contributed by atoms with Gasteiger partial charge in [-0.05, 0) is 43.4 Å². The van der Waals surface area contributed by atoms with Crippen molar-refractivity contribution in [1.82, 2.24) is 0 Å². The Bertz CT molecular complexity index is 1280. The van der Waals surface area contributed by atoms with E-state index in [1.165, 1.54) is 31.4 Å². The van der Waals surface area contributed by atoms with Gasteiger partial charge in [0.15, 0.2) is 11.4 Å². The second-order valence-corrected chi connectivity index (χ2v) is 10.4. The van der Waals surface area contributed by atoms with Crippen LogP contribution in [0.25, 0.3) is 5.57 Å². The number of Topliss-reactive ketones (excluding diaryl/α,β-unsaturated/α-hetero) is 1. The molecule has 1 aliphatic carbocycles. The van der Waals surface area contributed by atoms with Crippen LogP contribution >= 0.6 is 0 Å². The summed E-state index contributed by atoms with van der Waals surface area (Å²) >= 11 is 0. The average Bonchev–Trinajstić information content (AvgIpc) is 3.20. The van der Waals surface area contributed by atoms with Gasteiger partial charge < -0.3 is 9.64 Å². The first-order chi connectivity index (χ1) is 18.2. The van der Waals surface area contributed by atoms with Crippen LogP contribution in [-0.4, -0.2) is 18.9 Å². The topological polar surface area (TPSA) is 29.5 Å². The summed E-state index contributed by atoms with van der Waals surface area (Å²) in [5.41, 5.74) is 6.06. The molecule has 3 heteroatoms. The average molecular weight is 494 g/mol. The molecule has 0 unspecified atom stereocenters. The number of ether oxygens (including phenoxy) is 1. The van der Waals surface area contributed by atoms with Crippen molar-refractivity contribution in [2.24, 2.45) is 0 Å². The Kier molecular flexibility index (Phi) is 7.50. The van der Waals surface area contributed by atoms with Gasteiger partial charge in [0.1, 0.15) is 5.75 Å². The van der Waals surface area contributed by atoms with E-state index < -0.39 is 5.60 Å². The van der Waals surface area contributed by atoms with E-state index in [0.29, 0.717) is 0 Å². The molecule has 5 rings (SSSR count). The molecular formula is C34H39NO2. The Hall–Kier alpha value is -3.33. The van der Waals surface area contributed by atoms with Crippen LogP contribution in [0.15, 0.2) is 78.4 Å². The van der Waals surface area contributed by atoms with E-state index in [2.05, 4.69) is 62.1 Å². The molecular weight excluding hydrogens is 454 g/mol. The molecule has 0 bridgehead atoms. The predicted octanol–water partition coefficient (Wildman–Crippen LogP) is 8.57. The molecule has 1 aliphatic heterocycles. The second kappa shape index (κ2) is 11.0. The zero-order valence-corrected chi connectivity index (χ0v) is 22.6. The Morgan fingerprint density at radius 3 is 2.14 bits per heavy atom. The lowest BCUT2D eigenvalue weighted by Crippen LogP contribution is -2.38. The van der Waals surface area contributed by atoms with Crippen LogP contribution in [-0.2, 0) is 5.60 Å². The van der Waals surface area contributed by atoms with Crippen molar-refractivity contribution in [2.45, 2.75) is 71.3 Å². The number of anilines is 1. The van der Waals surface area contributed by atoms with Crippen molar-refractivity contribution in [2.75, 3.05) is 18.0 Å². The molecule has 37 heavy (non-hydrogen) atoms. The van der Waals surface area contributed by atoms with Gasteiger partial charge in [-0.15, -0.1) is 0 Å². The minimum atomic E-state index is -0.915. The van der Waals surface area contributed by atoms with Crippen LogP contribution in [0.2, 0.25) is 0 Å². The van der Waals surface area contributed by atoms with Crippen molar-refractivity contribution < 1.29 is 9.53 Å². The molecule has 0 amide bonds. The summed E-state index contributed by atoms with van der Waals surface area (Å²) in [6.45, 7) is 8.80. The summed E-state index contributed by atoms with van der Waals surface area (Å²) in [5.74, 6) is 0.992. The molecule has 0 saturated heterocycles. The van der Waals surface area contributed by atoms with Gasteiger partial charge in [-0.3, -0.25) is 4.79 Å². The van der Waals surface area contributed by atoms with E-state index in [1.54, 1.807) is 0 Å². The van der Waals surface area contributed by atoms with Crippen LogP contribution in [0.5, 0.6) is 5.75 Å². The van der Waals surface area contributed by atoms with Crippen molar-refractivity contribution in [1.29, 1.82) is 0 Å². The van der Waals surface area contributed by atoms with Gasteiger partial charge in [-0.2, -0.15) is 0 Å². The van der Waals surface area contributed by atoms with E-state index in [1.807, 2.05) is 36.4 Å². The van der Waals surface area contributed by atoms with Gasteiger partial charge in [-0.25, -0.2) is 0 Å². The Morgan fingerprint density at radius 2 is 1.43 bits per heavy atom. The van der Waals surface area contributed by atoms with Gasteiger partial charge >= 0.3 is 0 Å². The number of nitrogens with zero attached hydrogens (tertiary/aromatic N) is 1. The molecule has 1 atom stereocenters. The van der Waals surface area contributed by atoms with Crippen LogP contribution in [0.4, 0.5) is 5.69 Å². The zero-order valence-electron chi connectivity index (χ0n) is 22.6. The van der Waals surface area contributed by atoms with Gasteiger partial charge in [0.25, 0.3) is 0 Å². The third-order valence-electron chi connectivity index (χ3n) is 7.87. The first kappa shape index (κ1) is 25.3. The van der Waals surface area contributed by atoms with E-state index in [4.69, 9.17) is 4.74 Å². The van der Waals surface area contributed by atoms with Crippen molar-refractivity contribution in [3.05, 3.63) is 101 Å². The molecule has 0 fully saturated rings. The molecule has 0 radical (unpaired) electrons. The summed E-state index contributed by atoms with van der Waals surface area (Å²) in [7, 11) is 0. The number of unbranched alkanes of at least 4 members (excludes halogenated alkanes) is 3. The van der Waals surface area contributed by atoms with Gasteiger partial charge in [0, 0.05) is 47.1 Å². The molecule has 3 aromatic rings. The number of allylic oxidation sites excluding steroid dienone is 1. The molecule has 3 nitrogen and oxygen atoms in total. The minimum absolute atomic E-state index is 0.104. The predicted molar refractivity (Wildman–Crippen MR) is 154 cm³/mol. The SMILES string of the molecule is CCCCC1=C2C(=O)c3ccccc3[C@@]2(c2ccccc2)Oc2cc(N(CCCC)CCCC)ccc21. The highest BCUT2D eigenvalue weighted by molar-refractivity contribution is 6.20. The second-order valence-electron chi connectivity index (χ2n) is 10.4. The molecule has 0 saturated carbocycles. The van der Waals surface area contributed by atoms with Crippen molar-refractivity contribution in [3.8, 4) is 5.75 Å².